The highest BCUT2D eigenvalue weighted by molar-refractivity contribution is 8.01. The Bertz CT molecular complexity index is 1270. The molecule has 2 saturated carbocycles. The number of amides is 5. The van der Waals surface area contributed by atoms with Gasteiger partial charge < -0.3 is 26.2 Å². The number of hydrogen-bond donors (Lipinski definition) is 3. The van der Waals surface area contributed by atoms with Gasteiger partial charge in [0.05, 0.1) is 5.69 Å². The van der Waals surface area contributed by atoms with Crippen LogP contribution in [-0.2, 0) is 24.0 Å². The summed E-state index contributed by atoms with van der Waals surface area (Å²) in [4.78, 5) is 68.3. The summed E-state index contributed by atoms with van der Waals surface area (Å²) < 4.78 is 37.9. The van der Waals surface area contributed by atoms with Crippen LogP contribution in [0.2, 0.25) is 0 Å². The van der Waals surface area contributed by atoms with E-state index in [1.165, 1.54) is 23.7 Å². The van der Waals surface area contributed by atoms with E-state index in [-0.39, 0.29) is 43.6 Å². The molecule has 1 aromatic carbocycles. The zero-order chi connectivity index (χ0) is 29.7. The number of benzene rings is 1. The standard InChI is InChI=1S/C27H32F3N5O5S/c1-34(22(37)17(10-14-6-7-14)33-25(40)27(28,29)30)18(11-15-8-9-15)23(38)35-13-26(12-19(35)21(31)36)24(39)32-16-4-2-3-5-20(16)41-26/h2-5,14-15,17-19H,6-13H2,1H3,(H2,31,36)(H,32,39)(H,33,40)/t17-,18-,19-,26+/m0/s1. The number of likely N-dealkylation sites (tertiary alicyclic amines) is 1. The minimum absolute atomic E-state index is 0.00543. The van der Waals surface area contributed by atoms with Crippen molar-refractivity contribution in [2.75, 3.05) is 18.9 Å². The molecule has 41 heavy (non-hydrogen) atoms. The summed E-state index contributed by atoms with van der Waals surface area (Å²) in [5.41, 5.74) is 6.32. The van der Waals surface area contributed by atoms with E-state index in [1.807, 2.05) is 17.4 Å². The van der Waals surface area contributed by atoms with Crippen molar-refractivity contribution in [1.29, 1.82) is 0 Å². The van der Waals surface area contributed by atoms with Crippen LogP contribution < -0.4 is 16.4 Å². The first-order chi connectivity index (χ1) is 19.3. The monoisotopic (exact) mass is 595 g/mol. The normalized spacial score (nSPS) is 25.2. The summed E-state index contributed by atoms with van der Waals surface area (Å²) in [6, 6.07) is 3.47. The number of primary amides is 1. The van der Waals surface area contributed by atoms with Crippen LogP contribution in [0.25, 0.3) is 0 Å². The van der Waals surface area contributed by atoms with Crippen LogP contribution in [0.5, 0.6) is 0 Å². The number of hydrogen-bond acceptors (Lipinski definition) is 6. The fraction of sp³-hybridized carbons (Fsp3) is 0.593. The van der Waals surface area contributed by atoms with Crippen molar-refractivity contribution >= 4 is 47.0 Å². The van der Waals surface area contributed by atoms with Gasteiger partial charge in [0.25, 0.3) is 0 Å². The van der Waals surface area contributed by atoms with E-state index < -0.39 is 52.7 Å². The lowest BCUT2D eigenvalue weighted by Crippen LogP contribution is -2.58. The molecule has 2 aliphatic carbocycles. The maximum Gasteiger partial charge on any atom is 0.471 e. The van der Waals surface area contributed by atoms with Crippen LogP contribution in [0.3, 0.4) is 0 Å². The highest BCUT2D eigenvalue weighted by Gasteiger charge is 2.56. The van der Waals surface area contributed by atoms with Gasteiger partial charge in [0.15, 0.2) is 0 Å². The Morgan fingerprint density at radius 3 is 2.39 bits per heavy atom. The molecular weight excluding hydrogens is 563 g/mol. The second kappa shape index (κ2) is 10.8. The maximum atomic E-state index is 14.1. The fourth-order valence-electron chi connectivity index (χ4n) is 5.58. The molecule has 0 bridgehead atoms. The molecule has 1 spiro atoms. The van der Waals surface area contributed by atoms with Crippen molar-refractivity contribution < 1.29 is 37.1 Å². The number of halogens is 3. The predicted molar refractivity (Wildman–Crippen MR) is 142 cm³/mol. The number of nitrogens with two attached hydrogens (primary N) is 1. The fourth-order valence-corrected chi connectivity index (χ4v) is 6.97. The predicted octanol–water partition coefficient (Wildman–Crippen LogP) is 2.03. The average Bonchev–Trinajstić information content (AvgIpc) is 3.85. The van der Waals surface area contributed by atoms with Crippen molar-refractivity contribution in [1.82, 2.24) is 15.1 Å². The van der Waals surface area contributed by atoms with Crippen molar-refractivity contribution in [3.63, 3.8) is 0 Å². The molecule has 4 atom stereocenters. The van der Waals surface area contributed by atoms with Crippen LogP contribution in [0.15, 0.2) is 29.2 Å². The topological polar surface area (TPSA) is 142 Å². The molecule has 0 aromatic heterocycles. The van der Waals surface area contributed by atoms with E-state index in [4.69, 9.17) is 5.73 Å². The zero-order valence-electron chi connectivity index (χ0n) is 22.4. The van der Waals surface area contributed by atoms with E-state index in [0.717, 1.165) is 35.5 Å². The second-order valence-corrected chi connectivity index (χ2v) is 12.9. The Labute approximate surface area is 238 Å². The van der Waals surface area contributed by atoms with Gasteiger partial charge in [0, 0.05) is 24.9 Å². The number of likely N-dealkylation sites (N-methyl/N-ethyl adjacent to an activating group) is 1. The first-order valence-corrected chi connectivity index (χ1v) is 14.4. The third kappa shape index (κ3) is 6.16. The Balaban J connectivity index is 1.40. The number of rotatable bonds is 9. The van der Waals surface area contributed by atoms with Crippen molar-refractivity contribution in [2.45, 2.75) is 78.9 Å². The molecular formula is C27H32F3N5O5S. The lowest BCUT2D eigenvalue weighted by Gasteiger charge is -2.36. The molecule has 2 aliphatic heterocycles. The Morgan fingerprint density at radius 2 is 1.78 bits per heavy atom. The summed E-state index contributed by atoms with van der Waals surface area (Å²) in [5, 5.41) is 4.67. The first-order valence-electron chi connectivity index (χ1n) is 13.6. The molecule has 5 rings (SSSR count). The van der Waals surface area contributed by atoms with Gasteiger partial charge in [-0.05, 0) is 36.8 Å². The van der Waals surface area contributed by atoms with Gasteiger partial charge in [-0.25, -0.2) is 0 Å². The number of nitrogens with zero attached hydrogens (tertiary/aromatic N) is 2. The number of carbonyl (C=O) groups excluding carboxylic acids is 5. The number of fused-ring (bicyclic) bond motifs is 1. The molecule has 222 valence electrons. The highest BCUT2D eigenvalue weighted by Crippen LogP contribution is 2.49. The largest absolute Gasteiger partial charge is 0.471 e. The van der Waals surface area contributed by atoms with E-state index in [2.05, 4.69) is 5.32 Å². The van der Waals surface area contributed by atoms with Crippen LogP contribution in [0.4, 0.5) is 18.9 Å². The number of para-hydroxylation sites is 1. The average molecular weight is 596 g/mol. The molecule has 3 fully saturated rings. The van der Waals surface area contributed by atoms with Gasteiger partial charge >= 0.3 is 12.1 Å². The molecule has 5 amide bonds. The van der Waals surface area contributed by atoms with Gasteiger partial charge in [-0.2, -0.15) is 13.2 Å². The van der Waals surface area contributed by atoms with Gasteiger partial charge in [-0.1, -0.05) is 37.8 Å². The van der Waals surface area contributed by atoms with Crippen LogP contribution in [-0.4, -0.2) is 82.0 Å². The van der Waals surface area contributed by atoms with Gasteiger partial charge in [-0.15, -0.1) is 11.8 Å². The molecule has 4 aliphatic rings. The number of carbonyl (C=O) groups is 5. The smallest absolute Gasteiger partial charge is 0.368 e. The summed E-state index contributed by atoms with van der Waals surface area (Å²) in [7, 11) is 1.33. The minimum Gasteiger partial charge on any atom is -0.368 e. The Hall–Kier alpha value is -3.29. The third-order valence-electron chi connectivity index (χ3n) is 8.27. The molecule has 14 heteroatoms. The molecule has 4 N–H and O–H groups in total. The molecule has 0 unspecified atom stereocenters. The number of thioether (sulfide) groups is 1. The lowest BCUT2D eigenvalue weighted by atomic mass is 10.0. The zero-order valence-corrected chi connectivity index (χ0v) is 23.2. The van der Waals surface area contributed by atoms with Gasteiger partial charge in [0.2, 0.25) is 23.6 Å². The van der Waals surface area contributed by atoms with Crippen molar-refractivity contribution in [3.05, 3.63) is 24.3 Å². The molecule has 10 nitrogen and oxygen atoms in total. The van der Waals surface area contributed by atoms with Crippen LogP contribution >= 0.6 is 11.8 Å². The SMILES string of the molecule is CN(C(=O)[C@H](CC1CC1)NC(=O)C(F)(F)F)[C@@H](CC1CC1)C(=O)N1C[C@@]2(C[C@H]1C(N)=O)Sc1ccccc1NC2=O. The second-order valence-electron chi connectivity index (χ2n) is 11.5. The first kappa shape index (κ1) is 29.2. The summed E-state index contributed by atoms with van der Waals surface area (Å²) in [5.74, 6) is -4.67. The van der Waals surface area contributed by atoms with E-state index in [1.54, 1.807) is 12.1 Å². The molecule has 1 saturated heterocycles. The minimum atomic E-state index is -5.17. The number of alkyl halides is 3. The van der Waals surface area contributed by atoms with Gasteiger partial charge in [0.1, 0.15) is 22.9 Å². The summed E-state index contributed by atoms with van der Waals surface area (Å²) in [6.07, 6.45) is -1.82. The Morgan fingerprint density at radius 1 is 1.15 bits per heavy atom. The summed E-state index contributed by atoms with van der Waals surface area (Å²) >= 11 is 1.25. The number of anilines is 1. The van der Waals surface area contributed by atoms with Gasteiger partial charge in [-0.3, -0.25) is 24.0 Å². The summed E-state index contributed by atoms with van der Waals surface area (Å²) in [6.45, 7) is -0.135. The molecule has 0 radical (unpaired) electrons. The van der Waals surface area contributed by atoms with E-state index in [9.17, 15) is 37.1 Å². The number of nitrogens with one attached hydrogen (secondary N) is 2. The third-order valence-corrected chi connectivity index (χ3v) is 9.72. The van der Waals surface area contributed by atoms with Crippen LogP contribution in [0.1, 0.15) is 44.9 Å². The van der Waals surface area contributed by atoms with Crippen molar-refractivity contribution in [3.8, 4) is 0 Å². The van der Waals surface area contributed by atoms with E-state index in [0.29, 0.717) is 5.69 Å². The molecule has 1 aromatic rings. The maximum absolute atomic E-state index is 14.1. The molecule has 2 heterocycles. The highest BCUT2D eigenvalue weighted by atomic mass is 32.2. The lowest BCUT2D eigenvalue weighted by molar-refractivity contribution is -0.175. The quantitative estimate of drug-likeness (QED) is 0.399. The Kier molecular flexibility index (Phi) is 7.72. The van der Waals surface area contributed by atoms with Crippen molar-refractivity contribution in [2.24, 2.45) is 17.6 Å². The van der Waals surface area contributed by atoms with E-state index >= 15 is 0 Å². The van der Waals surface area contributed by atoms with Crippen LogP contribution in [0, 0.1) is 11.8 Å².